The number of carbonyl (C=O) groups is 1. The summed E-state index contributed by atoms with van der Waals surface area (Å²) in [5, 5.41) is 3.74. The van der Waals surface area contributed by atoms with Gasteiger partial charge >= 0.3 is 6.09 Å². The van der Waals surface area contributed by atoms with E-state index in [0.717, 1.165) is 38.0 Å². The van der Waals surface area contributed by atoms with E-state index < -0.39 is 5.60 Å². The molecule has 2 fully saturated rings. The average molecular weight is 325 g/mol. The molecule has 3 atom stereocenters. The molecule has 2 aliphatic rings. The van der Waals surface area contributed by atoms with Crippen LogP contribution in [0.1, 0.15) is 72.6 Å². The molecular weight excluding hydrogens is 288 g/mol. The Kier molecular flexibility index (Phi) is 6.75. The number of carbonyl (C=O) groups excluding carboxylic acids is 1. The van der Waals surface area contributed by atoms with Crippen LogP contribution in [-0.4, -0.2) is 42.3 Å². The summed E-state index contributed by atoms with van der Waals surface area (Å²) in [4.78, 5) is 14.1. The van der Waals surface area contributed by atoms with E-state index in [1.165, 1.54) is 38.5 Å². The average Bonchev–Trinajstić information content (AvgIpc) is 2.94. The standard InChI is InChI=1S/C19H36N2O2/c1-5-15-8-9-17(13-15)20-11-10-16-7-6-12-21(14-16)18(22)23-19(2,3)4/h15-17,20H,5-14H2,1-4H3. The maximum Gasteiger partial charge on any atom is 0.410 e. The fourth-order valence-corrected chi connectivity index (χ4v) is 3.92. The van der Waals surface area contributed by atoms with Gasteiger partial charge in [-0.2, -0.15) is 0 Å². The third-order valence-corrected chi connectivity index (χ3v) is 5.27. The second-order valence-electron chi connectivity index (χ2n) is 8.46. The zero-order valence-electron chi connectivity index (χ0n) is 15.6. The van der Waals surface area contributed by atoms with Gasteiger partial charge in [0.05, 0.1) is 0 Å². The molecule has 4 heteroatoms. The summed E-state index contributed by atoms with van der Waals surface area (Å²) in [7, 11) is 0. The maximum atomic E-state index is 12.2. The molecule has 1 heterocycles. The predicted molar refractivity (Wildman–Crippen MR) is 94.6 cm³/mol. The minimum Gasteiger partial charge on any atom is -0.444 e. The minimum absolute atomic E-state index is 0.142. The summed E-state index contributed by atoms with van der Waals surface area (Å²) >= 11 is 0. The smallest absolute Gasteiger partial charge is 0.410 e. The summed E-state index contributed by atoms with van der Waals surface area (Å²) in [5.74, 6) is 1.55. The normalized spacial score (nSPS) is 28.9. The van der Waals surface area contributed by atoms with E-state index in [9.17, 15) is 4.79 Å². The van der Waals surface area contributed by atoms with Crippen molar-refractivity contribution in [1.82, 2.24) is 10.2 Å². The van der Waals surface area contributed by atoms with Gasteiger partial charge in [-0.1, -0.05) is 13.3 Å². The highest BCUT2D eigenvalue weighted by Crippen LogP contribution is 2.28. The van der Waals surface area contributed by atoms with Gasteiger partial charge in [0, 0.05) is 19.1 Å². The zero-order valence-corrected chi connectivity index (χ0v) is 15.6. The molecule has 1 amide bonds. The molecule has 1 saturated carbocycles. The first-order valence-corrected chi connectivity index (χ1v) is 9.58. The largest absolute Gasteiger partial charge is 0.444 e. The van der Waals surface area contributed by atoms with E-state index in [2.05, 4.69) is 12.2 Å². The molecule has 1 N–H and O–H groups in total. The van der Waals surface area contributed by atoms with E-state index in [1.807, 2.05) is 25.7 Å². The Bertz CT molecular complexity index is 378. The van der Waals surface area contributed by atoms with Crippen LogP contribution in [0.3, 0.4) is 0 Å². The predicted octanol–water partition coefficient (Wildman–Crippen LogP) is 4.19. The van der Waals surface area contributed by atoms with Crippen molar-refractivity contribution in [3.63, 3.8) is 0 Å². The first-order valence-electron chi connectivity index (χ1n) is 9.58. The van der Waals surface area contributed by atoms with E-state index in [0.29, 0.717) is 5.92 Å². The van der Waals surface area contributed by atoms with Gasteiger partial charge in [-0.05, 0) is 77.7 Å². The molecule has 134 valence electrons. The van der Waals surface area contributed by atoms with E-state index in [4.69, 9.17) is 4.74 Å². The van der Waals surface area contributed by atoms with Crippen LogP contribution in [-0.2, 0) is 4.74 Å². The number of hydrogen-bond acceptors (Lipinski definition) is 3. The molecule has 2 rings (SSSR count). The van der Waals surface area contributed by atoms with Crippen molar-refractivity contribution in [2.75, 3.05) is 19.6 Å². The first kappa shape index (κ1) is 18.6. The lowest BCUT2D eigenvalue weighted by Gasteiger charge is -2.34. The van der Waals surface area contributed by atoms with Crippen molar-refractivity contribution in [2.45, 2.75) is 84.3 Å². The summed E-state index contributed by atoms with van der Waals surface area (Å²) < 4.78 is 5.51. The van der Waals surface area contributed by atoms with Gasteiger partial charge in [0.25, 0.3) is 0 Å². The van der Waals surface area contributed by atoms with Gasteiger partial charge in [-0.3, -0.25) is 0 Å². The summed E-state index contributed by atoms with van der Waals surface area (Å²) in [5.41, 5.74) is -0.399. The molecule has 1 saturated heterocycles. The Morgan fingerprint density at radius 1 is 1.22 bits per heavy atom. The lowest BCUT2D eigenvalue weighted by Crippen LogP contribution is -2.43. The fraction of sp³-hybridized carbons (Fsp3) is 0.947. The number of rotatable bonds is 5. The van der Waals surface area contributed by atoms with Gasteiger partial charge in [0.15, 0.2) is 0 Å². The third kappa shape index (κ3) is 6.33. The summed E-state index contributed by atoms with van der Waals surface area (Å²) in [6.45, 7) is 10.9. The Labute approximate surface area is 142 Å². The third-order valence-electron chi connectivity index (χ3n) is 5.27. The number of amides is 1. The zero-order chi connectivity index (χ0) is 16.9. The first-order chi connectivity index (χ1) is 10.9. The van der Waals surface area contributed by atoms with Gasteiger partial charge in [0.2, 0.25) is 0 Å². The number of nitrogens with one attached hydrogen (secondary N) is 1. The maximum absolute atomic E-state index is 12.2. The minimum atomic E-state index is -0.399. The lowest BCUT2D eigenvalue weighted by atomic mass is 9.95. The van der Waals surface area contributed by atoms with Gasteiger partial charge < -0.3 is 15.0 Å². The Hall–Kier alpha value is -0.770. The van der Waals surface area contributed by atoms with Crippen molar-refractivity contribution < 1.29 is 9.53 Å². The highest BCUT2D eigenvalue weighted by atomic mass is 16.6. The van der Waals surface area contributed by atoms with Crippen molar-refractivity contribution in [2.24, 2.45) is 11.8 Å². The van der Waals surface area contributed by atoms with E-state index >= 15 is 0 Å². The highest BCUT2D eigenvalue weighted by molar-refractivity contribution is 5.68. The second kappa shape index (κ2) is 8.36. The molecule has 0 aromatic carbocycles. The van der Waals surface area contributed by atoms with Gasteiger partial charge in [0.1, 0.15) is 5.60 Å². The SMILES string of the molecule is CCC1CCC(NCCC2CCCN(C(=O)OC(C)(C)C)C2)C1. The topological polar surface area (TPSA) is 41.6 Å². The van der Waals surface area contributed by atoms with Crippen LogP contribution in [0, 0.1) is 11.8 Å². The van der Waals surface area contributed by atoms with Crippen LogP contribution in [0.5, 0.6) is 0 Å². The molecule has 0 bridgehead atoms. The number of likely N-dealkylation sites (tertiary alicyclic amines) is 1. The van der Waals surface area contributed by atoms with E-state index in [1.54, 1.807) is 0 Å². The van der Waals surface area contributed by atoms with Crippen LogP contribution in [0.4, 0.5) is 4.79 Å². The molecule has 23 heavy (non-hydrogen) atoms. The molecule has 0 radical (unpaired) electrons. The number of hydrogen-bond donors (Lipinski definition) is 1. The van der Waals surface area contributed by atoms with Crippen LogP contribution in [0.2, 0.25) is 0 Å². The van der Waals surface area contributed by atoms with Crippen molar-refractivity contribution in [3.05, 3.63) is 0 Å². The van der Waals surface area contributed by atoms with E-state index in [-0.39, 0.29) is 6.09 Å². The monoisotopic (exact) mass is 324 g/mol. The molecule has 0 aromatic heterocycles. The van der Waals surface area contributed by atoms with Crippen LogP contribution >= 0.6 is 0 Å². The molecule has 4 nitrogen and oxygen atoms in total. The Morgan fingerprint density at radius 3 is 2.65 bits per heavy atom. The Morgan fingerprint density at radius 2 is 2.00 bits per heavy atom. The van der Waals surface area contributed by atoms with Crippen LogP contribution in [0.25, 0.3) is 0 Å². The second-order valence-corrected chi connectivity index (χ2v) is 8.46. The summed E-state index contributed by atoms with van der Waals surface area (Å²) in [6, 6.07) is 0.727. The van der Waals surface area contributed by atoms with Gasteiger partial charge in [-0.25, -0.2) is 4.79 Å². The number of nitrogens with zero attached hydrogens (tertiary/aromatic N) is 1. The molecule has 1 aliphatic heterocycles. The lowest BCUT2D eigenvalue weighted by molar-refractivity contribution is 0.0161. The van der Waals surface area contributed by atoms with Crippen molar-refractivity contribution in [3.8, 4) is 0 Å². The van der Waals surface area contributed by atoms with Crippen molar-refractivity contribution >= 4 is 6.09 Å². The van der Waals surface area contributed by atoms with Gasteiger partial charge in [-0.15, -0.1) is 0 Å². The Balaban J connectivity index is 1.67. The molecule has 1 aliphatic carbocycles. The molecule has 0 spiro atoms. The molecular formula is C19H36N2O2. The van der Waals surface area contributed by atoms with Crippen LogP contribution < -0.4 is 5.32 Å². The van der Waals surface area contributed by atoms with Crippen LogP contribution in [0.15, 0.2) is 0 Å². The number of piperidine rings is 1. The summed E-state index contributed by atoms with van der Waals surface area (Å²) in [6.07, 6.45) is 8.78. The number of ether oxygens (including phenoxy) is 1. The molecule has 0 aromatic rings. The quantitative estimate of drug-likeness (QED) is 0.824. The molecule has 3 unspecified atom stereocenters. The highest BCUT2D eigenvalue weighted by Gasteiger charge is 2.28. The van der Waals surface area contributed by atoms with Crippen molar-refractivity contribution in [1.29, 1.82) is 0 Å². The fourth-order valence-electron chi connectivity index (χ4n) is 3.92.